The molecule has 0 atom stereocenters. The van der Waals surface area contributed by atoms with Crippen LogP contribution in [-0.2, 0) is 4.79 Å². The summed E-state index contributed by atoms with van der Waals surface area (Å²) in [7, 11) is 0. The first-order valence-electron chi connectivity index (χ1n) is 5.31. The number of unbranched alkanes of at least 4 members (excludes halogenated alkanes) is 4. The summed E-state index contributed by atoms with van der Waals surface area (Å²) in [6.45, 7) is 3.40. The SMILES string of the molecule is CC(=O)O.CC=C=CCCCCCCO. The van der Waals surface area contributed by atoms with Crippen molar-refractivity contribution in [1.29, 1.82) is 0 Å². The third-order valence-corrected chi connectivity index (χ3v) is 1.54. The van der Waals surface area contributed by atoms with Crippen molar-refractivity contribution in [3.8, 4) is 0 Å². The Morgan fingerprint density at radius 1 is 1.27 bits per heavy atom. The second-order valence-corrected chi connectivity index (χ2v) is 3.10. The van der Waals surface area contributed by atoms with Crippen LogP contribution in [0.1, 0.15) is 46.0 Å². The highest BCUT2D eigenvalue weighted by Gasteiger charge is 1.85. The minimum Gasteiger partial charge on any atom is -0.481 e. The summed E-state index contributed by atoms with van der Waals surface area (Å²) in [5.41, 5.74) is 3.04. The van der Waals surface area contributed by atoms with Crippen LogP contribution in [0.15, 0.2) is 17.9 Å². The van der Waals surface area contributed by atoms with Crippen LogP contribution in [-0.4, -0.2) is 22.8 Å². The second kappa shape index (κ2) is 15.4. The van der Waals surface area contributed by atoms with E-state index in [0.29, 0.717) is 6.61 Å². The van der Waals surface area contributed by atoms with Crippen LogP contribution < -0.4 is 0 Å². The first kappa shape index (κ1) is 16.4. The van der Waals surface area contributed by atoms with E-state index in [1.807, 2.05) is 13.0 Å². The Morgan fingerprint density at radius 2 is 1.80 bits per heavy atom. The third kappa shape index (κ3) is 32.1. The molecule has 0 spiro atoms. The van der Waals surface area contributed by atoms with Gasteiger partial charge in [0.2, 0.25) is 0 Å². The number of rotatable bonds is 6. The molecule has 0 rings (SSSR count). The minimum atomic E-state index is -0.833. The predicted octanol–water partition coefficient (Wildman–Crippen LogP) is 2.75. The third-order valence-electron chi connectivity index (χ3n) is 1.54. The largest absolute Gasteiger partial charge is 0.481 e. The van der Waals surface area contributed by atoms with Crippen LogP contribution in [0.3, 0.4) is 0 Å². The average molecular weight is 214 g/mol. The molecular formula is C12H22O3. The van der Waals surface area contributed by atoms with Gasteiger partial charge in [-0.3, -0.25) is 4.79 Å². The average Bonchev–Trinajstić information content (AvgIpc) is 2.16. The zero-order valence-corrected chi connectivity index (χ0v) is 9.70. The first-order valence-corrected chi connectivity index (χ1v) is 5.31. The summed E-state index contributed by atoms with van der Waals surface area (Å²) in [5, 5.41) is 15.9. The standard InChI is InChI=1S/C10H18O.C2H4O2/c1-2-3-4-5-6-7-8-9-10-11;1-2(3)4/h2,4,11H,5-10H2,1H3;1H3,(H,3,4). The fourth-order valence-corrected chi connectivity index (χ4v) is 0.913. The summed E-state index contributed by atoms with van der Waals surface area (Å²) in [6.07, 6.45) is 9.67. The van der Waals surface area contributed by atoms with Gasteiger partial charge in [-0.2, -0.15) is 0 Å². The number of aliphatic hydroxyl groups is 1. The van der Waals surface area contributed by atoms with Crippen LogP contribution in [0.25, 0.3) is 0 Å². The summed E-state index contributed by atoms with van der Waals surface area (Å²) < 4.78 is 0. The van der Waals surface area contributed by atoms with Crippen molar-refractivity contribution in [3.63, 3.8) is 0 Å². The van der Waals surface area contributed by atoms with Crippen molar-refractivity contribution in [1.82, 2.24) is 0 Å². The summed E-state index contributed by atoms with van der Waals surface area (Å²) in [5.74, 6) is -0.833. The molecule has 0 fully saturated rings. The van der Waals surface area contributed by atoms with Crippen LogP contribution in [0.4, 0.5) is 0 Å². The fourth-order valence-electron chi connectivity index (χ4n) is 0.913. The molecule has 0 heterocycles. The number of hydrogen-bond donors (Lipinski definition) is 2. The molecule has 0 aromatic rings. The maximum absolute atomic E-state index is 9.00. The van der Waals surface area contributed by atoms with Gasteiger partial charge in [0.1, 0.15) is 0 Å². The van der Waals surface area contributed by atoms with Crippen LogP contribution in [0.5, 0.6) is 0 Å². The van der Waals surface area contributed by atoms with Crippen molar-refractivity contribution in [2.24, 2.45) is 0 Å². The molecule has 3 heteroatoms. The number of aliphatic hydroxyl groups excluding tert-OH is 1. The van der Waals surface area contributed by atoms with E-state index in [0.717, 1.165) is 26.2 Å². The van der Waals surface area contributed by atoms with Gasteiger partial charge >= 0.3 is 0 Å². The highest BCUT2D eigenvalue weighted by molar-refractivity contribution is 5.62. The molecular weight excluding hydrogens is 192 g/mol. The van der Waals surface area contributed by atoms with E-state index in [4.69, 9.17) is 15.0 Å². The molecule has 0 aromatic heterocycles. The molecule has 15 heavy (non-hydrogen) atoms. The van der Waals surface area contributed by atoms with Crippen molar-refractivity contribution >= 4 is 5.97 Å². The first-order chi connectivity index (χ1) is 7.15. The van der Waals surface area contributed by atoms with Gasteiger partial charge in [0.05, 0.1) is 0 Å². The minimum absolute atomic E-state index is 0.338. The predicted molar refractivity (Wildman–Crippen MR) is 61.8 cm³/mol. The molecule has 0 saturated heterocycles. The maximum atomic E-state index is 9.00. The van der Waals surface area contributed by atoms with Gasteiger partial charge in [-0.1, -0.05) is 12.8 Å². The molecule has 0 radical (unpaired) electrons. The number of aliphatic carboxylic acids is 1. The lowest BCUT2D eigenvalue weighted by Crippen LogP contribution is -1.82. The maximum Gasteiger partial charge on any atom is 0.300 e. The van der Waals surface area contributed by atoms with Gasteiger partial charge in [0.25, 0.3) is 5.97 Å². The van der Waals surface area contributed by atoms with E-state index in [-0.39, 0.29) is 0 Å². The topological polar surface area (TPSA) is 57.5 Å². The Morgan fingerprint density at radius 3 is 2.27 bits per heavy atom. The molecule has 0 aliphatic rings. The second-order valence-electron chi connectivity index (χ2n) is 3.10. The van der Waals surface area contributed by atoms with E-state index >= 15 is 0 Å². The lowest BCUT2D eigenvalue weighted by Gasteiger charge is -1.94. The zero-order chi connectivity index (χ0) is 11.9. The smallest absolute Gasteiger partial charge is 0.300 e. The van der Waals surface area contributed by atoms with E-state index in [1.165, 1.54) is 12.8 Å². The van der Waals surface area contributed by atoms with Gasteiger partial charge in [-0.25, -0.2) is 0 Å². The van der Waals surface area contributed by atoms with E-state index in [1.54, 1.807) is 0 Å². The Balaban J connectivity index is 0. The number of carbonyl (C=O) groups is 1. The molecule has 0 bridgehead atoms. The van der Waals surface area contributed by atoms with Crippen molar-refractivity contribution in [3.05, 3.63) is 17.9 Å². The Labute approximate surface area is 92.1 Å². The molecule has 0 aliphatic heterocycles. The van der Waals surface area contributed by atoms with Gasteiger partial charge < -0.3 is 10.2 Å². The molecule has 88 valence electrons. The van der Waals surface area contributed by atoms with Gasteiger partial charge in [-0.15, -0.1) is 5.73 Å². The number of allylic oxidation sites excluding steroid dienone is 1. The lowest BCUT2D eigenvalue weighted by molar-refractivity contribution is -0.134. The molecule has 0 unspecified atom stereocenters. The van der Waals surface area contributed by atoms with Crippen molar-refractivity contribution in [2.75, 3.05) is 6.61 Å². The molecule has 0 aromatic carbocycles. The monoisotopic (exact) mass is 214 g/mol. The highest BCUT2D eigenvalue weighted by Crippen LogP contribution is 2.02. The number of carboxylic acids is 1. The number of carboxylic acid groups (broad SMARTS) is 1. The molecule has 0 aliphatic carbocycles. The van der Waals surface area contributed by atoms with Gasteiger partial charge in [-0.05, 0) is 38.3 Å². The van der Waals surface area contributed by atoms with Gasteiger partial charge in [0.15, 0.2) is 0 Å². The fraction of sp³-hybridized carbons (Fsp3) is 0.667. The quantitative estimate of drug-likeness (QED) is 0.528. The van der Waals surface area contributed by atoms with Gasteiger partial charge in [0, 0.05) is 13.5 Å². The Bertz CT molecular complexity index is 187. The highest BCUT2D eigenvalue weighted by atomic mass is 16.4. The Kier molecular flexibility index (Phi) is 16.8. The molecule has 3 nitrogen and oxygen atoms in total. The van der Waals surface area contributed by atoms with Crippen LogP contribution in [0, 0.1) is 0 Å². The molecule has 2 N–H and O–H groups in total. The van der Waals surface area contributed by atoms with E-state index in [9.17, 15) is 0 Å². The van der Waals surface area contributed by atoms with Crippen molar-refractivity contribution in [2.45, 2.75) is 46.0 Å². The van der Waals surface area contributed by atoms with E-state index < -0.39 is 5.97 Å². The number of hydrogen-bond acceptors (Lipinski definition) is 2. The van der Waals surface area contributed by atoms with Crippen LogP contribution in [0.2, 0.25) is 0 Å². The summed E-state index contributed by atoms with van der Waals surface area (Å²) >= 11 is 0. The van der Waals surface area contributed by atoms with Crippen LogP contribution >= 0.6 is 0 Å². The van der Waals surface area contributed by atoms with E-state index in [2.05, 4.69) is 11.8 Å². The Hall–Kier alpha value is -1.05. The molecule has 0 amide bonds. The summed E-state index contributed by atoms with van der Waals surface area (Å²) in [4.78, 5) is 9.00. The zero-order valence-electron chi connectivity index (χ0n) is 9.70. The lowest BCUT2D eigenvalue weighted by atomic mass is 10.1. The molecule has 0 saturated carbocycles. The normalized spacial score (nSPS) is 8.20. The van der Waals surface area contributed by atoms with Crippen molar-refractivity contribution < 1.29 is 15.0 Å². The summed E-state index contributed by atoms with van der Waals surface area (Å²) in [6, 6.07) is 0.